The van der Waals surface area contributed by atoms with Gasteiger partial charge in [-0.15, -0.1) is 5.10 Å². The van der Waals surface area contributed by atoms with Crippen LogP contribution in [0.4, 0.5) is 5.69 Å². The highest BCUT2D eigenvalue weighted by Crippen LogP contribution is 2.24. The van der Waals surface area contributed by atoms with Gasteiger partial charge in [-0.25, -0.2) is 0 Å². The summed E-state index contributed by atoms with van der Waals surface area (Å²) in [5, 5.41) is 20.6. The van der Waals surface area contributed by atoms with Gasteiger partial charge in [0.05, 0.1) is 17.7 Å². The second kappa shape index (κ2) is 6.11. The molecular weight excluding hydrogens is 286 g/mol. The van der Waals surface area contributed by atoms with Crippen molar-refractivity contribution in [2.75, 3.05) is 6.54 Å². The van der Waals surface area contributed by atoms with E-state index >= 15 is 0 Å². The number of carbonyl (C=O) groups is 1. The second-order valence-corrected chi connectivity index (χ2v) is 4.25. The highest BCUT2D eigenvalue weighted by atomic mass is 35.5. The van der Waals surface area contributed by atoms with Crippen molar-refractivity contribution >= 4 is 23.2 Å². The fraction of sp³-hybridized carbons (Fsp3) is 0.182. The maximum absolute atomic E-state index is 11.8. The quantitative estimate of drug-likeness (QED) is 0.661. The third kappa shape index (κ3) is 3.29. The summed E-state index contributed by atoms with van der Waals surface area (Å²) < 4.78 is 1.57. The predicted molar refractivity (Wildman–Crippen MR) is 70.5 cm³/mol. The van der Waals surface area contributed by atoms with E-state index in [2.05, 4.69) is 15.6 Å². The number of aromatic nitrogens is 3. The van der Waals surface area contributed by atoms with Gasteiger partial charge in [-0.3, -0.25) is 19.6 Å². The Bertz CT molecular complexity index is 629. The van der Waals surface area contributed by atoms with Crippen LogP contribution in [-0.2, 0) is 6.54 Å². The molecule has 2 aromatic rings. The van der Waals surface area contributed by atoms with Gasteiger partial charge in [0.25, 0.3) is 11.6 Å². The Labute approximate surface area is 118 Å². The highest BCUT2D eigenvalue weighted by molar-refractivity contribution is 6.33. The van der Waals surface area contributed by atoms with Gasteiger partial charge < -0.3 is 5.32 Å². The Hall–Kier alpha value is -2.48. The number of hydrogen-bond acceptors (Lipinski definition) is 5. The molecule has 0 fully saturated rings. The number of hydrogen-bond donors (Lipinski definition) is 1. The zero-order valence-corrected chi connectivity index (χ0v) is 10.9. The molecule has 0 aliphatic heterocycles. The summed E-state index contributed by atoms with van der Waals surface area (Å²) in [5.41, 5.74) is 0.0324. The van der Waals surface area contributed by atoms with E-state index < -0.39 is 4.92 Å². The van der Waals surface area contributed by atoms with Gasteiger partial charge in [-0.05, 0) is 12.1 Å². The lowest BCUT2D eigenvalue weighted by atomic mass is 10.2. The number of halogens is 1. The molecule has 1 heterocycles. The van der Waals surface area contributed by atoms with Gasteiger partial charge in [-0.2, -0.15) is 0 Å². The van der Waals surface area contributed by atoms with E-state index in [0.29, 0.717) is 13.1 Å². The standard InChI is InChI=1S/C11H10ClN5O3/c12-9-7-8(1-2-10(9)17(19)20)11(18)13-3-5-16-6-4-14-15-16/h1-2,4,6-7H,3,5H2,(H,13,18). The summed E-state index contributed by atoms with van der Waals surface area (Å²) in [6.07, 6.45) is 3.22. The molecule has 0 aliphatic carbocycles. The van der Waals surface area contributed by atoms with Crippen LogP contribution < -0.4 is 5.32 Å². The minimum absolute atomic E-state index is 0.0704. The first-order valence-electron chi connectivity index (χ1n) is 5.64. The number of amides is 1. The SMILES string of the molecule is O=C(NCCn1ccnn1)c1ccc([N+](=O)[O-])c(Cl)c1. The summed E-state index contributed by atoms with van der Waals surface area (Å²) in [7, 11) is 0. The highest BCUT2D eigenvalue weighted by Gasteiger charge is 2.14. The summed E-state index contributed by atoms with van der Waals surface area (Å²) in [6, 6.07) is 3.83. The van der Waals surface area contributed by atoms with Crippen molar-refractivity contribution in [2.24, 2.45) is 0 Å². The zero-order chi connectivity index (χ0) is 14.5. The van der Waals surface area contributed by atoms with E-state index in [1.54, 1.807) is 10.9 Å². The van der Waals surface area contributed by atoms with Crippen molar-refractivity contribution < 1.29 is 9.72 Å². The van der Waals surface area contributed by atoms with Crippen LogP contribution in [-0.4, -0.2) is 32.4 Å². The Balaban J connectivity index is 1.95. The van der Waals surface area contributed by atoms with Crippen LogP contribution in [0.3, 0.4) is 0 Å². The first-order chi connectivity index (χ1) is 9.58. The molecule has 20 heavy (non-hydrogen) atoms. The molecule has 8 nitrogen and oxygen atoms in total. The number of nitrogens with one attached hydrogen (secondary N) is 1. The van der Waals surface area contributed by atoms with Crippen LogP contribution >= 0.6 is 11.6 Å². The molecule has 9 heteroatoms. The summed E-state index contributed by atoms with van der Waals surface area (Å²) in [5.74, 6) is -0.359. The van der Waals surface area contributed by atoms with Crippen LogP contribution in [0, 0.1) is 10.1 Å². The number of benzene rings is 1. The average Bonchev–Trinajstić information content (AvgIpc) is 2.91. The summed E-state index contributed by atoms with van der Waals surface area (Å²) >= 11 is 5.74. The summed E-state index contributed by atoms with van der Waals surface area (Å²) in [4.78, 5) is 21.8. The molecule has 0 unspecified atom stereocenters. The molecule has 0 atom stereocenters. The van der Waals surface area contributed by atoms with E-state index in [9.17, 15) is 14.9 Å². The topological polar surface area (TPSA) is 103 Å². The van der Waals surface area contributed by atoms with Gasteiger partial charge in [0.2, 0.25) is 0 Å². The Kier molecular flexibility index (Phi) is 4.26. The van der Waals surface area contributed by atoms with Crippen LogP contribution in [0.1, 0.15) is 10.4 Å². The fourth-order valence-corrected chi connectivity index (χ4v) is 1.78. The molecule has 1 N–H and O–H groups in total. The first kappa shape index (κ1) is 13.9. The maximum atomic E-state index is 11.8. The van der Waals surface area contributed by atoms with Crippen molar-refractivity contribution in [1.29, 1.82) is 0 Å². The smallest absolute Gasteiger partial charge is 0.287 e. The van der Waals surface area contributed by atoms with Crippen molar-refractivity contribution in [3.05, 3.63) is 51.3 Å². The lowest BCUT2D eigenvalue weighted by Gasteiger charge is -2.05. The van der Waals surface area contributed by atoms with E-state index in [4.69, 9.17) is 11.6 Å². The third-order valence-corrected chi connectivity index (χ3v) is 2.81. The molecule has 0 bridgehead atoms. The molecule has 1 amide bonds. The summed E-state index contributed by atoms with van der Waals surface area (Å²) in [6.45, 7) is 0.837. The average molecular weight is 296 g/mol. The molecule has 2 rings (SSSR count). The molecule has 0 aliphatic rings. The van der Waals surface area contributed by atoms with Gasteiger partial charge in [-0.1, -0.05) is 16.8 Å². The van der Waals surface area contributed by atoms with E-state index in [-0.39, 0.29) is 22.2 Å². The zero-order valence-electron chi connectivity index (χ0n) is 10.2. The van der Waals surface area contributed by atoms with Crippen molar-refractivity contribution in [3.8, 4) is 0 Å². The molecule has 0 radical (unpaired) electrons. The maximum Gasteiger partial charge on any atom is 0.287 e. The Morgan fingerprint density at radius 1 is 1.50 bits per heavy atom. The lowest BCUT2D eigenvalue weighted by Crippen LogP contribution is -2.27. The van der Waals surface area contributed by atoms with Crippen molar-refractivity contribution in [3.63, 3.8) is 0 Å². The third-order valence-electron chi connectivity index (χ3n) is 2.50. The van der Waals surface area contributed by atoms with Crippen LogP contribution in [0.2, 0.25) is 5.02 Å². The van der Waals surface area contributed by atoms with Crippen LogP contribution in [0.25, 0.3) is 0 Å². The van der Waals surface area contributed by atoms with Gasteiger partial charge in [0.1, 0.15) is 5.02 Å². The minimum atomic E-state index is -0.602. The van der Waals surface area contributed by atoms with Crippen LogP contribution in [0.15, 0.2) is 30.6 Å². The molecule has 1 aromatic carbocycles. The molecule has 0 saturated heterocycles. The van der Waals surface area contributed by atoms with Gasteiger partial charge in [0, 0.05) is 24.4 Å². The van der Waals surface area contributed by atoms with Crippen LogP contribution in [0.5, 0.6) is 0 Å². The lowest BCUT2D eigenvalue weighted by molar-refractivity contribution is -0.384. The molecule has 104 valence electrons. The van der Waals surface area contributed by atoms with Crippen molar-refractivity contribution in [1.82, 2.24) is 20.3 Å². The van der Waals surface area contributed by atoms with Gasteiger partial charge in [0.15, 0.2) is 0 Å². The fourth-order valence-electron chi connectivity index (χ4n) is 1.53. The van der Waals surface area contributed by atoms with E-state index in [1.807, 2.05) is 0 Å². The number of nitro groups is 1. The first-order valence-corrected chi connectivity index (χ1v) is 6.02. The second-order valence-electron chi connectivity index (χ2n) is 3.85. The van der Waals surface area contributed by atoms with Gasteiger partial charge >= 0.3 is 0 Å². The minimum Gasteiger partial charge on any atom is -0.350 e. The normalized spacial score (nSPS) is 10.2. The molecular formula is C11H10ClN5O3. The largest absolute Gasteiger partial charge is 0.350 e. The van der Waals surface area contributed by atoms with E-state index in [1.165, 1.54) is 24.4 Å². The number of nitro benzene ring substituents is 1. The predicted octanol–water partition coefficient (Wildman–Crippen LogP) is 1.27. The molecule has 1 aromatic heterocycles. The number of carbonyl (C=O) groups excluding carboxylic acids is 1. The monoisotopic (exact) mass is 295 g/mol. The Morgan fingerprint density at radius 3 is 2.90 bits per heavy atom. The Morgan fingerprint density at radius 2 is 2.30 bits per heavy atom. The number of nitrogens with zero attached hydrogens (tertiary/aromatic N) is 4. The van der Waals surface area contributed by atoms with E-state index in [0.717, 1.165) is 0 Å². The molecule has 0 spiro atoms. The van der Waals surface area contributed by atoms with Crippen molar-refractivity contribution in [2.45, 2.75) is 6.54 Å². The molecule has 0 saturated carbocycles. The number of rotatable bonds is 5.